The maximum Gasteiger partial charge on any atom is 0.396 e. The summed E-state index contributed by atoms with van der Waals surface area (Å²) in [6.07, 6.45) is 0. The standard InChI is InChI=1S/C2H2ClO/c1-2(3)4/h1H2/q+1. The summed E-state index contributed by atoms with van der Waals surface area (Å²) in [5.74, 6) is 0. The molecule has 0 saturated heterocycles. The molecule has 0 aromatic heterocycles. The van der Waals surface area contributed by atoms with E-state index in [0.29, 0.717) is 0 Å². The van der Waals surface area contributed by atoms with E-state index in [1.807, 2.05) is 0 Å². The number of hydrogen-bond acceptors (Lipinski definition) is 1. The molecule has 0 aromatic rings. The molecule has 0 unspecified atom stereocenters. The number of carbonyl (C=O) groups is 1. The molecule has 0 bridgehead atoms. The van der Waals surface area contributed by atoms with Gasteiger partial charge in [0.1, 0.15) is 0 Å². The van der Waals surface area contributed by atoms with E-state index in [1.165, 1.54) is 0 Å². The van der Waals surface area contributed by atoms with Crippen LogP contribution in [-0.2, 0) is 4.79 Å². The first-order valence-electron chi connectivity index (χ1n) is 0.747. The minimum Gasteiger partial charge on any atom is -0.224 e. The molecule has 0 atom stereocenters. The van der Waals surface area contributed by atoms with Crippen LogP contribution in [0.25, 0.3) is 0 Å². The third kappa shape index (κ3) is 43.6. The van der Waals surface area contributed by atoms with Gasteiger partial charge in [0.25, 0.3) is 0 Å². The summed E-state index contributed by atoms with van der Waals surface area (Å²) in [5, 5.41) is -0.611. The lowest BCUT2D eigenvalue weighted by molar-refractivity contribution is -0.107. The molecular formula is C2H2ClO+. The van der Waals surface area contributed by atoms with Crippen molar-refractivity contribution in [1.29, 1.82) is 0 Å². The second-order valence-corrected chi connectivity index (χ2v) is 0.777. The lowest BCUT2D eigenvalue weighted by Crippen LogP contribution is -1.63. The van der Waals surface area contributed by atoms with Gasteiger partial charge in [0.2, 0.25) is 0 Å². The van der Waals surface area contributed by atoms with Gasteiger partial charge >= 0.3 is 5.24 Å². The van der Waals surface area contributed by atoms with Gasteiger partial charge in [-0.1, -0.05) is 0 Å². The topological polar surface area (TPSA) is 17.1 Å². The van der Waals surface area contributed by atoms with E-state index in [-0.39, 0.29) is 0 Å². The molecule has 0 amide bonds. The van der Waals surface area contributed by atoms with Crippen molar-refractivity contribution in [1.82, 2.24) is 0 Å². The molecular weight excluding hydrogens is 75.5 g/mol. The van der Waals surface area contributed by atoms with Crippen molar-refractivity contribution in [3.8, 4) is 0 Å². The van der Waals surface area contributed by atoms with Crippen molar-refractivity contribution < 1.29 is 4.79 Å². The molecule has 4 heavy (non-hydrogen) atoms. The Morgan fingerprint density at radius 1 is 2.00 bits per heavy atom. The zero-order chi connectivity index (χ0) is 3.58. The summed E-state index contributed by atoms with van der Waals surface area (Å²) >= 11 is 4.52. The van der Waals surface area contributed by atoms with Gasteiger partial charge in [-0.05, 0) is 0 Å². The van der Waals surface area contributed by atoms with E-state index in [0.717, 1.165) is 0 Å². The Labute approximate surface area is 29.6 Å². The first-order chi connectivity index (χ1) is 1.73. The number of hydrogen-bond donors (Lipinski definition) is 0. The second-order valence-electron chi connectivity index (χ2n) is 0.355. The van der Waals surface area contributed by atoms with E-state index in [4.69, 9.17) is 4.79 Å². The fourth-order valence-electron chi connectivity index (χ4n) is 0. The van der Waals surface area contributed by atoms with Crippen molar-refractivity contribution >= 4 is 16.8 Å². The quantitative estimate of drug-likeness (QED) is 0.305. The molecule has 0 spiro atoms. The molecule has 0 fully saturated rings. The predicted molar refractivity (Wildman–Crippen MR) is 16.2 cm³/mol. The minimum absolute atomic E-state index is 0.611. The Kier molecular flexibility index (Phi) is 1.13. The highest BCUT2D eigenvalue weighted by molar-refractivity contribution is 6.64. The maximum atomic E-state index is 9.10. The molecule has 0 aliphatic carbocycles. The lowest BCUT2D eigenvalue weighted by Gasteiger charge is -1.39. The molecule has 0 aliphatic heterocycles. The molecule has 0 aromatic carbocycles. The summed E-state index contributed by atoms with van der Waals surface area (Å²) in [6, 6.07) is 0. The van der Waals surface area contributed by atoms with Gasteiger partial charge in [0.15, 0.2) is 6.92 Å². The van der Waals surface area contributed by atoms with Gasteiger partial charge in [-0.15, -0.1) is 0 Å². The summed E-state index contributed by atoms with van der Waals surface area (Å²) in [4.78, 5) is 9.10. The van der Waals surface area contributed by atoms with Crippen LogP contribution in [0.1, 0.15) is 0 Å². The van der Waals surface area contributed by atoms with E-state index in [1.54, 1.807) is 0 Å². The molecule has 0 saturated carbocycles. The van der Waals surface area contributed by atoms with Gasteiger partial charge in [0, 0.05) is 11.6 Å². The Bertz CT molecular complexity index is 29.0. The molecule has 0 rings (SSSR count). The van der Waals surface area contributed by atoms with Gasteiger partial charge in [-0.2, -0.15) is 0 Å². The number of rotatable bonds is 0. The molecule has 0 aliphatic rings. The molecule has 0 N–H and O–H groups in total. The normalized spacial score (nSPS) is 6.25. The van der Waals surface area contributed by atoms with Crippen LogP contribution < -0.4 is 0 Å². The third-order valence-electron chi connectivity index (χ3n) is 0. The third-order valence-corrected chi connectivity index (χ3v) is 0. The second kappa shape index (κ2) is 1.18. The Morgan fingerprint density at radius 2 is 2.00 bits per heavy atom. The van der Waals surface area contributed by atoms with E-state index in [2.05, 4.69) is 18.5 Å². The summed E-state index contributed by atoms with van der Waals surface area (Å²) in [7, 11) is 0. The van der Waals surface area contributed by atoms with E-state index >= 15 is 0 Å². The Hall–Kier alpha value is -0.170. The van der Waals surface area contributed by atoms with E-state index < -0.39 is 5.24 Å². The fourth-order valence-corrected chi connectivity index (χ4v) is 0. The molecule has 0 radical (unpaired) electrons. The number of carbonyl (C=O) groups excluding carboxylic acids is 1. The summed E-state index contributed by atoms with van der Waals surface area (Å²) in [6.45, 7) is 2.77. The van der Waals surface area contributed by atoms with Crippen LogP contribution in [-0.4, -0.2) is 5.24 Å². The van der Waals surface area contributed by atoms with Crippen LogP contribution in [0.15, 0.2) is 0 Å². The van der Waals surface area contributed by atoms with Crippen molar-refractivity contribution in [3.63, 3.8) is 0 Å². The average molecular weight is 77.5 g/mol. The maximum absolute atomic E-state index is 9.10. The average Bonchev–Trinajstić information content (AvgIpc) is 0.811. The van der Waals surface area contributed by atoms with Gasteiger partial charge < -0.3 is 0 Å². The predicted octanol–water partition coefficient (Wildman–Crippen LogP) is 0.586. The SMILES string of the molecule is [CH2+]C(=O)Cl. The molecule has 22 valence electrons. The van der Waals surface area contributed by atoms with Crippen molar-refractivity contribution in [3.05, 3.63) is 6.92 Å². The van der Waals surface area contributed by atoms with Gasteiger partial charge in [-0.3, -0.25) is 0 Å². The van der Waals surface area contributed by atoms with Crippen molar-refractivity contribution in [2.45, 2.75) is 0 Å². The van der Waals surface area contributed by atoms with Gasteiger partial charge in [-0.25, -0.2) is 4.79 Å². The highest BCUT2D eigenvalue weighted by Gasteiger charge is 1.81. The minimum atomic E-state index is -0.611. The number of halogens is 1. The van der Waals surface area contributed by atoms with Crippen LogP contribution in [0, 0.1) is 6.92 Å². The van der Waals surface area contributed by atoms with Crippen LogP contribution in [0.4, 0.5) is 0 Å². The van der Waals surface area contributed by atoms with Crippen molar-refractivity contribution in [2.75, 3.05) is 0 Å². The first kappa shape index (κ1) is 3.83. The first-order valence-corrected chi connectivity index (χ1v) is 1.12. The monoisotopic (exact) mass is 77.0 g/mol. The summed E-state index contributed by atoms with van der Waals surface area (Å²) < 4.78 is 0. The van der Waals surface area contributed by atoms with Crippen LogP contribution in [0.2, 0.25) is 0 Å². The van der Waals surface area contributed by atoms with Crippen LogP contribution in [0.5, 0.6) is 0 Å². The molecule has 0 heterocycles. The Balaban J connectivity index is 2.80. The van der Waals surface area contributed by atoms with Crippen molar-refractivity contribution in [2.24, 2.45) is 0 Å². The van der Waals surface area contributed by atoms with Gasteiger partial charge in [0.05, 0.1) is 0 Å². The molecule has 1 nitrogen and oxygen atoms in total. The lowest BCUT2D eigenvalue weighted by atomic mass is 10.9. The smallest absolute Gasteiger partial charge is 0.224 e. The largest absolute Gasteiger partial charge is 0.396 e. The highest BCUT2D eigenvalue weighted by Crippen LogP contribution is 1.66. The van der Waals surface area contributed by atoms with E-state index in [9.17, 15) is 0 Å². The van der Waals surface area contributed by atoms with Crippen LogP contribution >= 0.6 is 11.6 Å². The highest BCUT2D eigenvalue weighted by atomic mass is 35.5. The Morgan fingerprint density at radius 3 is 2.00 bits per heavy atom. The zero-order valence-corrected chi connectivity index (χ0v) is 2.75. The summed E-state index contributed by atoms with van der Waals surface area (Å²) in [5.41, 5.74) is 0. The molecule has 2 heteroatoms. The van der Waals surface area contributed by atoms with Crippen LogP contribution in [0.3, 0.4) is 0 Å². The zero-order valence-electron chi connectivity index (χ0n) is 1.99. The fraction of sp³-hybridized carbons (Fsp3) is 0.